The molecule has 1 aromatic heterocycles. The Kier molecular flexibility index (Phi) is 6.23. The van der Waals surface area contributed by atoms with Gasteiger partial charge in [0.15, 0.2) is 0 Å². The normalized spacial score (nSPS) is 12.2. The van der Waals surface area contributed by atoms with Crippen LogP contribution >= 0.6 is 0 Å². The lowest BCUT2D eigenvalue weighted by atomic mass is 9.84. The molecule has 0 unspecified atom stereocenters. The van der Waals surface area contributed by atoms with Crippen LogP contribution in [-0.2, 0) is 0 Å². The first-order valence-electron chi connectivity index (χ1n) is 19.7. The van der Waals surface area contributed by atoms with Gasteiger partial charge in [-0.2, -0.15) is 0 Å². The molecule has 12 aromatic carbocycles. The molecule has 0 radical (unpaired) electrons. The first-order chi connectivity index (χ1) is 28.2. The Morgan fingerprint density at radius 2 is 0.684 bits per heavy atom. The summed E-state index contributed by atoms with van der Waals surface area (Å²) in [5, 5.41) is 17.8. The Morgan fingerprint density at radius 3 is 1.37 bits per heavy atom. The van der Waals surface area contributed by atoms with E-state index in [1.807, 2.05) is 6.07 Å². The highest BCUT2D eigenvalue weighted by atomic mass is 16.3. The quantitative estimate of drug-likeness (QED) is 0.165. The summed E-state index contributed by atoms with van der Waals surface area (Å²) in [5.74, 6) is 0. The molecule has 0 saturated carbocycles. The summed E-state index contributed by atoms with van der Waals surface area (Å²) in [6, 6.07) is 71.9. The highest BCUT2D eigenvalue weighted by Crippen LogP contribution is 2.47. The van der Waals surface area contributed by atoms with Gasteiger partial charge in [0.25, 0.3) is 0 Å². The van der Waals surface area contributed by atoms with Crippen molar-refractivity contribution in [3.8, 4) is 44.5 Å². The summed E-state index contributed by atoms with van der Waals surface area (Å²) in [7, 11) is 0. The van der Waals surface area contributed by atoms with E-state index in [1.54, 1.807) is 0 Å². The van der Waals surface area contributed by atoms with Gasteiger partial charge in [-0.05, 0) is 133 Å². The lowest BCUT2D eigenvalue weighted by Crippen LogP contribution is -1.93. The van der Waals surface area contributed by atoms with E-state index in [1.165, 1.54) is 104 Å². The van der Waals surface area contributed by atoms with Gasteiger partial charge in [0, 0.05) is 10.8 Å². The zero-order chi connectivity index (χ0) is 37.2. The SMILES string of the molecule is c1ccc(-c2ccc3ccc4cccc5ccc2c3c45)c(-c2ccc(-c3ccc4ccc5cccc6ccc3c4c56)cc2-c2ccc3oc4ccccc4c3c2)c1. The molecule has 0 bridgehead atoms. The molecule has 0 fully saturated rings. The second-order valence-corrected chi connectivity index (χ2v) is 15.6. The highest BCUT2D eigenvalue weighted by molar-refractivity contribution is 6.27. The Hall–Kier alpha value is -7.48. The molecule has 0 saturated heterocycles. The number of hydrogen-bond donors (Lipinski definition) is 0. The van der Waals surface area contributed by atoms with Gasteiger partial charge in [0.05, 0.1) is 0 Å². The summed E-state index contributed by atoms with van der Waals surface area (Å²) < 4.78 is 6.32. The third kappa shape index (κ3) is 4.40. The molecule has 0 spiro atoms. The second kappa shape index (κ2) is 11.5. The van der Waals surface area contributed by atoms with Gasteiger partial charge in [-0.15, -0.1) is 0 Å². The van der Waals surface area contributed by atoms with Crippen LogP contribution in [0.4, 0.5) is 0 Å². The van der Waals surface area contributed by atoms with E-state index in [0.29, 0.717) is 0 Å². The van der Waals surface area contributed by atoms with Crippen LogP contribution in [-0.4, -0.2) is 0 Å². The number of hydrogen-bond acceptors (Lipinski definition) is 1. The van der Waals surface area contributed by atoms with Crippen molar-refractivity contribution in [1.29, 1.82) is 0 Å². The molecule has 262 valence electrons. The van der Waals surface area contributed by atoms with E-state index in [9.17, 15) is 0 Å². The zero-order valence-electron chi connectivity index (χ0n) is 30.9. The summed E-state index contributed by atoms with van der Waals surface area (Å²) in [5.41, 5.74) is 11.5. The molecule has 0 amide bonds. The number of para-hydroxylation sites is 1. The maximum Gasteiger partial charge on any atom is 0.135 e. The van der Waals surface area contributed by atoms with E-state index in [2.05, 4.69) is 188 Å². The first kappa shape index (κ1) is 30.8. The van der Waals surface area contributed by atoms with Crippen LogP contribution in [0, 0.1) is 0 Å². The third-order valence-corrected chi connectivity index (χ3v) is 12.6. The first-order valence-corrected chi connectivity index (χ1v) is 19.7. The largest absolute Gasteiger partial charge is 0.456 e. The van der Waals surface area contributed by atoms with Gasteiger partial charge < -0.3 is 4.42 Å². The molecule has 13 aromatic rings. The van der Waals surface area contributed by atoms with Crippen LogP contribution in [0.1, 0.15) is 0 Å². The van der Waals surface area contributed by atoms with Crippen LogP contribution in [0.15, 0.2) is 199 Å². The van der Waals surface area contributed by atoms with Gasteiger partial charge in [0.1, 0.15) is 11.2 Å². The Morgan fingerprint density at radius 1 is 0.228 bits per heavy atom. The zero-order valence-corrected chi connectivity index (χ0v) is 30.9. The molecule has 0 aliphatic rings. The molecular weight excluding hydrogens is 689 g/mol. The maximum absolute atomic E-state index is 6.32. The van der Waals surface area contributed by atoms with E-state index in [0.717, 1.165) is 27.5 Å². The van der Waals surface area contributed by atoms with Crippen molar-refractivity contribution in [1.82, 2.24) is 0 Å². The molecule has 0 N–H and O–H groups in total. The summed E-state index contributed by atoms with van der Waals surface area (Å²) >= 11 is 0. The van der Waals surface area contributed by atoms with Crippen molar-refractivity contribution in [2.75, 3.05) is 0 Å². The van der Waals surface area contributed by atoms with Crippen molar-refractivity contribution in [2.45, 2.75) is 0 Å². The van der Waals surface area contributed by atoms with Crippen molar-refractivity contribution < 1.29 is 4.42 Å². The average Bonchev–Trinajstić information content (AvgIpc) is 3.65. The Bertz CT molecular complexity index is 3720. The molecule has 0 aliphatic carbocycles. The number of rotatable bonds is 4. The molecule has 0 aliphatic heterocycles. The van der Waals surface area contributed by atoms with E-state index in [4.69, 9.17) is 4.42 Å². The Balaban J connectivity index is 1.08. The predicted octanol–water partition coefficient (Wildman–Crippen LogP) is 16.0. The van der Waals surface area contributed by atoms with E-state index < -0.39 is 0 Å². The van der Waals surface area contributed by atoms with Gasteiger partial charge >= 0.3 is 0 Å². The van der Waals surface area contributed by atoms with Crippen molar-refractivity contribution in [2.24, 2.45) is 0 Å². The summed E-state index contributed by atoms with van der Waals surface area (Å²) in [6.07, 6.45) is 0. The van der Waals surface area contributed by atoms with Gasteiger partial charge in [0.2, 0.25) is 0 Å². The van der Waals surface area contributed by atoms with Gasteiger partial charge in [-0.25, -0.2) is 0 Å². The molecule has 1 heteroatoms. The maximum atomic E-state index is 6.32. The van der Waals surface area contributed by atoms with Crippen molar-refractivity contribution >= 4 is 86.6 Å². The minimum absolute atomic E-state index is 0.901. The van der Waals surface area contributed by atoms with Crippen LogP contribution in [0.25, 0.3) is 131 Å². The van der Waals surface area contributed by atoms with Gasteiger partial charge in [-0.3, -0.25) is 0 Å². The summed E-state index contributed by atoms with van der Waals surface area (Å²) in [6.45, 7) is 0. The molecule has 57 heavy (non-hydrogen) atoms. The van der Waals surface area contributed by atoms with Crippen LogP contribution < -0.4 is 0 Å². The lowest BCUT2D eigenvalue weighted by molar-refractivity contribution is 0.669. The van der Waals surface area contributed by atoms with Crippen LogP contribution in [0.3, 0.4) is 0 Å². The number of fused-ring (bicyclic) bond motifs is 3. The third-order valence-electron chi connectivity index (χ3n) is 12.6. The minimum Gasteiger partial charge on any atom is -0.456 e. The van der Waals surface area contributed by atoms with Crippen molar-refractivity contribution in [3.05, 3.63) is 194 Å². The molecule has 1 heterocycles. The topological polar surface area (TPSA) is 13.1 Å². The molecule has 0 atom stereocenters. The minimum atomic E-state index is 0.901. The molecular formula is C56H32O. The van der Waals surface area contributed by atoms with Crippen LogP contribution in [0.5, 0.6) is 0 Å². The molecule has 1 nitrogen and oxygen atoms in total. The fraction of sp³-hybridized carbons (Fsp3) is 0. The van der Waals surface area contributed by atoms with Crippen LogP contribution in [0.2, 0.25) is 0 Å². The van der Waals surface area contributed by atoms with Gasteiger partial charge in [-0.1, -0.05) is 170 Å². The lowest BCUT2D eigenvalue weighted by Gasteiger charge is -2.19. The fourth-order valence-electron chi connectivity index (χ4n) is 9.99. The van der Waals surface area contributed by atoms with Crippen molar-refractivity contribution in [3.63, 3.8) is 0 Å². The standard InChI is InChI=1S/C56H32O/c1-2-12-43(42(11-1)44-26-20-38-18-16-34-8-6-10-36-22-29-48(44)56(38)54(34)36)45-27-23-39(31-49(45)40-24-30-52-50(32-40)46-13-3-4-14-51(46)57-52)41-25-19-37-17-15-33-7-5-9-35-21-28-47(41)55(37)53(33)35/h1-32H. The monoisotopic (exact) mass is 720 g/mol. The fourth-order valence-corrected chi connectivity index (χ4v) is 9.99. The Labute approximate surface area is 328 Å². The highest BCUT2D eigenvalue weighted by Gasteiger charge is 2.20. The number of benzene rings is 12. The van der Waals surface area contributed by atoms with E-state index >= 15 is 0 Å². The van der Waals surface area contributed by atoms with E-state index in [-0.39, 0.29) is 0 Å². The number of furan rings is 1. The predicted molar refractivity (Wildman–Crippen MR) is 243 cm³/mol. The molecule has 13 rings (SSSR count). The smallest absolute Gasteiger partial charge is 0.135 e. The second-order valence-electron chi connectivity index (χ2n) is 15.6. The average molecular weight is 721 g/mol. The summed E-state index contributed by atoms with van der Waals surface area (Å²) in [4.78, 5) is 0.